The molecule has 3 rings (SSSR count). The van der Waals surface area contributed by atoms with E-state index >= 15 is 0 Å². The Morgan fingerprint density at radius 2 is 2.08 bits per heavy atom. The first-order valence-electron chi connectivity index (χ1n) is 8.42. The van der Waals surface area contributed by atoms with Crippen molar-refractivity contribution in [2.75, 3.05) is 26.2 Å². The lowest BCUT2D eigenvalue weighted by atomic mass is 10.1. The van der Waals surface area contributed by atoms with Gasteiger partial charge in [0.05, 0.1) is 12.7 Å². The molecule has 2 unspecified atom stereocenters. The summed E-state index contributed by atoms with van der Waals surface area (Å²) in [5.41, 5.74) is 1.55. The van der Waals surface area contributed by atoms with Gasteiger partial charge in [-0.05, 0) is 32.4 Å². The number of nitrogens with zero attached hydrogens (tertiary/aromatic N) is 4. The Bertz CT molecular complexity index is 688. The zero-order chi connectivity index (χ0) is 18.0. The van der Waals surface area contributed by atoms with Crippen molar-refractivity contribution in [3.8, 4) is 0 Å². The van der Waals surface area contributed by atoms with Gasteiger partial charge in [-0.2, -0.15) is 0 Å². The number of nitro groups is 1. The first-order valence-corrected chi connectivity index (χ1v) is 8.42. The van der Waals surface area contributed by atoms with Crippen LogP contribution in [0, 0.1) is 23.0 Å². The first-order chi connectivity index (χ1) is 11.9. The largest absolute Gasteiger partial charge is 0.378 e. The summed E-state index contributed by atoms with van der Waals surface area (Å²) in [5.74, 6) is 0.149. The summed E-state index contributed by atoms with van der Waals surface area (Å²) in [4.78, 5) is 26.9. The smallest absolute Gasteiger partial charge is 0.281 e. The molecule has 0 saturated carbocycles. The van der Waals surface area contributed by atoms with Crippen molar-refractivity contribution in [3.05, 3.63) is 45.5 Å². The fourth-order valence-corrected chi connectivity index (χ4v) is 3.34. The van der Waals surface area contributed by atoms with E-state index in [1.807, 2.05) is 30.9 Å². The van der Waals surface area contributed by atoms with Crippen molar-refractivity contribution in [1.82, 2.24) is 9.80 Å². The van der Waals surface area contributed by atoms with Crippen LogP contribution in [0.2, 0.25) is 0 Å². The second-order valence-corrected chi connectivity index (χ2v) is 6.65. The van der Waals surface area contributed by atoms with Gasteiger partial charge in [0.1, 0.15) is 5.10 Å². The lowest BCUT2D eigenvalue weighted by Crippen LogP contribution is -2.40. The predicted molar refractivity (Wildman–Crippen MR) is 91.7 cm³/mol. The van der Waals surface area contributed by atoms with E-state index in [2.05, 4.69) is 5.10 Å². The highest BCUT2D eigenvalue weighted by atomic mass is 16.7. The first kappa shape index (κ1) is 17.3. The number of benzene rings is 1. The van der Waals surface area contributed by atoms with Gasteiger partial charge in [0.15, 0.2) is 5.03 Å². The van der Waals surface area contributed by atoms with Crippen molar-refractivity contribution < 1.29 is 14.6 Å². The molecule has 0 N–H and O–H groups in total. The number of hydrogen-bond donors (Lipinski definition) is 0. The van der Waals surface area contributed by atoms with E-state index in [9.17, 15) is 14.9 Å². The predicted octanol–water partition coefficient (Wildman–Crippen LogP) is 1.73. The molecule has 8 nitrogen and oxygen atoms in total. The Morgan fingerprint density at radius 3 is 2.68 bits per heavy atom. The monoisotopic (exact) mass is 346 g/mol. The standard InChI is InChI=1S/C17H22N4O4/c1-12-3-5-15(6-4-12)16(22)20-8-7-19(17(20)18-21(23)24)10-14-9-13(2)25-11-14/h3-6,13-14H,7-11H2,1-2H3. The fourth-order valence-electron chi connectivity index (χ4n) is 3.34. The zero-order valence-corrected chi connectivity index (χ0v) is 14.4. The van der Waals surface area contributed by atoms with E-state index in [0.717, 1.165) is 12.0 Å². The summed E-state index contributed by atoms with van der Waals surface area (Å²) in [7, 11) is 0. The van der Waals surface area contributed by atoms with Crippen LogP contribution in [0.15, 0.2) is 29.4 Å². The summed E-state index contributed by atoms with van der Waals surface area (Å²) < 4.78 is 5.57. The van der Waals surface area contributed by atoms with Crippen LogP contribution in [-0.2, 0) is 4.74 Å². The third-order valence-corrected chi connectivity index (χ3v) is 4.59. The Morgan fingerprint density at radius 1 is 1.36 bits per heavy atom. The van der Waals surface area contributed by atoms with Gasteiger partial charge in [-0.15, -0.1) is 0 Å². The minimum atomic E-state index is -0.739. The summed E-state index contributed by atoms with van der Waals surface area (Å²) in [6.45, 7) is 6.13. The number of rotatable bonds is 4. The van der Waals surface area contributed by atoms with E-state index in [4.69, 9.17) is 4.74 Å². The molecule has 1 aromatic carbocycles. The Labute approximate surface area is 146 Å². The van der Waals surface area contributed by atoms with Crippen LogP contribution in [0.25, 0.3) is 0 Å². The summed E-state index contributed by atoms with van der Waals surface area (Å²) in [6, 6.07) is 7.17. The van der Waals surface area contributed by atoms with Crippen LogP contribution in [0.5, 0.6) is 0 Å². The highest BCUT2D eigenvalue weighted by Crippen LogP contribution is 2.23. The van der Waals surface area contributed by atoms with Crippen molar-refractivity contribution in [3.63, 3.8) is 0 Å². The second kappa shape index (κ2) is 7.18. The molecule has 8 heteroatoms. The van der Waals surface area contributed by atoms with Crippen molar-refractivity contribution >= 4 is 11.9 Å². The van der Waals surface area contributed by atoms with E-state index in [0.29, 0.717) is 37.7 Å². The quantitative estimate of drug-likeness (QED) is 0.612. The van der Waals surface area contributed by atoms with Crippen LogP contribution >= 0.6 is 0 Å². The van der Waals surface area contributed by atoms with Crippen molar-refractivity contribution in [2.45, 2.75) is 26.4 Å². The minimum absolute atomic E-state index is 0.120. The van der Waals surface area contributed by atoms with E-state index in [-0.39, 0.29) is 18.0 Å². The van der Waals surface area contributed by atoms with Crippen molar-refractivity contribution in [1.29, 1.82) is 0 Å². The van der Waals surface area contributed by atoms with E-state index in [1.165, 1.54) is 4.90 Å². The van der Waals surface area contributed by atoms with Crippen LogP contribution in [0.1, 0.15) is 29.3 Å². The lowest BCUT2D eigenvalue weighted by molar-refractivity contribution is -0.486. The molecular weight excluding hydrogens is 324 g/mol. The van der Waals surface area contributed by atoms with Crippen LogP contribution in [-0.4, -0.2) is 59.0 Å². The van der Waals surface area contributed by atoms with Gasteiger partial charge in [0.2, 0.25) is 0 Å². The van der Waals surface area contributed by atoms with Crippen LogP contribution < -0.4 is 0 Å². The van der Waals surface area contributed by atoms with Crippen LogP contribution in [0.3, 0.4) is 0 Å². The molecular formula is C17H22N4O4. The molecule has 2 atom stereocenters. The number of hydrogen-bond acceptors (Lipinski definition) is 4. The third-order valence-electron chi connectivity index (χ3n) is 4.59. The molecule has 2 heterocycles. The highest BCUT2D eigenvalue weighted by Gasteiger charge is 2.36. The lowest BCUT2D eigenvalue weighted by Gasteiger charge is -2.22. The van der Waals surface area contributed by atoms with Gasteiger partial charge in [-0.1, -0.05) is 17.7 Å². The van der Waals surface area contributed by atoms with Gasteiger partial charge < -0.3 is 9.64 Å². The number of amides is 1. The number of carbonyl (C=O) groups is 1. The molecule has 2 saturated heterocycles. The molecule has 0 bridgehead atoms. The van der Waals surface area contributed by atoms with E-state index < -0.39 is 5.03 Å². The van der Waals surface area contributed by atoms with E-state index in [1.54, 1.807) is 12.1 Å². The Balaban J connectivity index is 1.78. The van der Waals surface area contributed by atoms with Gasteiger partial charge in [0, 0.05) is 31.1 Å². The summed E-state index contributed by atoms with van der Waals surface area (Å²) >= 11 is 0. The summed E-state index contributed by atoms with van der Waals surface area (Å²) in [6.07, 6.45) is 1.11. The maximum absolute atomic E-state index is 12.8. The zero-order valence-electron chi connectivity index (χ0n) is 14.4. The van der Waals surface area contributed by atoms with Gasteiger partial charge in [-0.25, -0.2) is 10.1 Å². The van der Waals surface area contributed by atoms with Gasteiger partial charge in [0.25, 0.3) is 11.9 Å². The molecule has 2 aliphatic rings. The number of carbonyl (C=O) groups excluding carboxylic acids is 1. The Hall–Kier alpha value is -2.48. The average molecular weight is 346 g/mol. The molecule has 25 heavy (non-hydrogen) atoms. The SMILES string of the molecule is Cc1ccc(C(=O)N2CCN(CC3COC(C)C3)C2=N[N+](=O)[O-])cc1. The molecule has 134 valence electrons. The second-order valence-electron chi connectivity index (χ2n) is 6.65. The molecule has 2 aliphatic heterocycles. The van der Waals surface area contributed by atoms with Gasteiger partial charge >= 0.3 is 0 Å². The molecule has 1 aromatic rings. The fraction of sp³-hybridized carbons (Fsp3) is 0.529. The molecule has 1 amide bonds. The maximum atomic E-state index is 12.8. The third kappa shape index (κ3) is 3.96. The molecule has 0 spiro atoms. The normalized spacial score (nSPS) is 25.0. The molecule has 0 radical (unpaired) electrons. The number of guanidine groups is 1. The minimum Gasteiger partial charge on any atom is -0.378 e. The summed E-state index contributed by atoms with van der Waals surface area (Å²) in [5, 5.41) is 13.7. The van der Waals surface area contributed by atoms with Crippen LogP contribution in [0.4, 0.5) is 0 Å². The Kier molecular flexibility index (Phi) is 4.98. The van der Waals surface area contributed by atoms with Crippen molar-refractivity contribution in [2.24, 2.45) is 11.0 Å². The topological polar surface area (TPSA) is 88.3 Å². The number of ether oxygens (including phenoxy) is 1. The molecule has 0 aromatic heterocycles. The average Bonchev–Trinajstić information content (AvgIpc) is 3.14. The number of hydrazone groups is 1. The van der Waals surface area contributed by atoms with Gasteiger partial charge in [-0.3, -0.25) is 9.69 Å². The molecule has 0 aliphatic carbocycles. The maximum Gasteiger partial charge on any atom is 0.281 e. The number of aryl methyl sites for hydroxylation is 1. The highest BCUT2D eigenvalue weighted by molar-refractivity contribution is 6.06. The molecule has 2 fully saturated rings.